The van der Waals surface area contributed by atoms with Gasteiger partial charge in [0.15, 0.2) is 6.10 Å². The molecular weight excluding hydrogens is 889 g/mol. The van der Waals surface area contributed by atoms with Crippen LogP contribution in [0.25, 0.3) is 0 Å². The molecule has 0 rings (SSSR count). The Bertz CT molecular complexity index is 1340. The van der Waals surface area contributed by atoms with E-state index in [4.69, 9.17) is 14.2 Å². The molecular formula is C66H116O6. The molecule has 0 heterocycles. The van der Waals surface area contributed by atoms with Crippen LogP contribution in [0.2, 0.25) is 0 Å². The molecule has 1 unspecified atom stereocenters. The third kappa shape index (κ3) is 57.7. The zero-order valence-corrected chi connectivity index (χ0v) is 47.7. The predicted molar refractivity (Wildman–Crippen MR) is 311 cm³/mol. The first-order chi connectivity index (χ1) is 35.5. The van der Waals surface area contributed by atoms with Crippen LogP contribution in [0.15, 0.2) is 72.9 Å². The summed E-state index contributed by atoms with van der Waals surface area (Å²) < 4.78 is 16.8. The van der Waals surface area contributed by atoms with E-state index in [0.29, 0.717) is 19.3 Å². The molecule has 0 aliphatic heterocycles. The molecule has 416 valence electrons. The van der Waals surface area contributed by atoms with Crippen molar-refractivity contribution in [3.05, 3.63) is 72.9 Å². The van der Waals surface area contributed by atoms with Crippen LogP contribution in [0.5, 0.6) is 0 Å². The second-order valence-electron chi connectivity index (χ2n) is 20.6. The van der Waals surface area contributed by atoms with E-state index in [1.807, 2.05) is 0 Å². The summed E-state index contributed by atoms with van der Waals surface area (Å²) in [5.41, 5.74) is 0. The molecule has 0 aromatic carbocycles. The number of ether oxygens (including phenoxy) is 3. The van der Waals surface area contributed by atoms with E-state index in [9.17, 15) is 14.4 Å². The quantitative estimate of drug-likeness (QED) is 0.0261. The lowest BCUT2D eigenvalue weighted by Gasteiger charge is -2.18. The normalized spacial score (nSPS) is 12.5. The standard InChI is InChI=1S/C66H116O6/c1-4-7-10-13-16-19-21-23-24-25-26-27-28-29-30-31-32-33-34-35-36-37-38-39-40-41-42-43-45-47-50-53-56-59-65(68)71-62-63(61-70-64(67)58-55-52-49-46-18-15-12-9-6-3)72-66(69)60-57-54-51-48-44-22-20-17-14-11-8-5-2/h7,10,16,19,23-24,26-27,29-30,32-33,63H,4-6,8-9,11-15,17-18,20-22,25,28,31,34-62H2,1-3H3/b10-7-,19-16-,24-23-,27-26-,30-29-,33-32-. The third-order valence-electron chi connectivity index (χ3n) is 13.5. The van der Waals surface area contributed by atoms with Crippen molar-refractivity contribution in [2.75, 3.05) is 13.2 Å². The lowest BCUT2D eigenvalue weighted by atomic mass is 10.0. The Kier molecular flexibility index (Phi) is 57.8. The van der Waals surface area contributed by atoms with Gasteiger partial charge in [0, 0.05) is 19.3 Å². The summed E-state index contributed by atoms with van der Waals surface area (Å²) in [6, 6.07) is 0. The second kappa shape index (κ2) is 60.4. The summed E-state index contributed by atoms with van der Waals surface area (Å²) in [6.45, 7) is 6.53. The van der Waals surface area contributed by atoms with Crippen molar-refractivity contribution in [1.29, 1.82) is 0 Å². The minimum absolute atomic E-state index is 0.0694. The van der Waals surface area contributed by atoms with E-state index in [-0.39, 0.29) is 31.1 Å². The fourth-order valence-electron chi connectivity index (χ4n) is 8.86. The van der Waals surface area contributed by atoms with Gasteiger partial charge in [-0.2, -0.15) is 0 Å². The van der Waals surface area contributed by atoms with Crippen molar-refractivity contribution in [1.82, 2.24) is 0 Å². The zero-order valence-electron chi connectivity index (χ0n) is 47.7. The van der Waals surface area contributed by atoms with E-state index >= 15 is 0 Å². The van der Waals surface area contributed by atoms with E-state index in [1.165, 1.54) is 173 Å². The molecule has 0 radical (unpaired) electrons. The molecule has 0 fully saturated rings. The first-order valence-electron chi connectivity index (χ1n) is 30.9. The van der Waals surface area contributed by atoms with Gasteiger partial charge in [-0.25, -0.2) is 0 Å². The van der Waals surface area contributed by atoms with Crippen molar-refractivity contribution in [2.24, 2.45) is 0 Å². The molecule has 72 heavy (non-hydrogen) atoms. The molecule has 0 aromatic rings. The van der Waals surface area contributed by atoms with Gasteiger partial charge in [-0.3, -0.25) is 14.4 Å². The highest BCUT2D eigenvalue weighted by Crippen LogP contribution is 2.17. The third-order valence-corrected chi connectivity index (χ3v) is 13.5. The molecule has 6 heteroatoms. The van der Waals surface area contributed by atoms with Gasteiger partial charge in [0.2, 0.25) is 0 Å². The molecule has 0 bridgehead atoms. The second-order valence-corrected chi connectivity index (χ2v) is 20.6. The average molecular weight is 1010 g/mol. The molecule has 0 saturated carbocycles. The van der Waals surface area contributed by atoms with Crippen LogP contribution in [0.3, 0.4) is 0 Å². The van der Waals surface area contributed by atoms with Crippen molar-refractivity contribution >= 4 is 17.9 Å². The Morgan fingerprint density at radius 2 is 0.542 bits per heavy atom. The Morgan fingerprint density at radius 3 is 0.847 bits per heavy atom. The minimum atomic E-state index is -0.768. The molecule has 0 spiro atoms. The molecule has 0 N–H and O–H groups in total. The van der Waals surface area contributed by atoms with Gasteiger partial charge in [0.1, 0.15) is 13.2 Å². The number of unbranched alkanes of at least 4 members (excludes halogenated alkanes) is 33. The molecule has 0 amide bonds. The highest BCUT2D eigenvalue weighted by Gasteiger charge is 2.19. The smallest absolute Gasteiger partial charge is 0.306 e. The summed E-state index contributed by atoms with van der Waals surface area (Å²) >= 11 is 0. The Morgan fingerprint density at radius 1 is 0.292 bits per heavy atom. The first kappa shape index (κ1) is 68.8. The monoisotopic (exact) mass is 1000 g/mol. The summed E-state index contributed by atoms with van der Waals surface area (Å²) in [6.07, 6.45) is 77.8. The van der Waals surface area contributed by atoms with E-state index in [0.717, 1.165) is 96.3 Å². The van der Waals surface area contributed by atoms with Crippen molar-refractivity contribution in [3.8, 4) is 0 Å². The number of rotatable bonds is 56. The van der Waals surface area contributed by atoms with Gasteiger partial charge in [0.05, 0.1) is 0 Å². The lowest BCUT2D eigenvalue weighted by Crippen LogP contribution is -2.30. The van der Waals surface area contributed by atoms with Crippen molar-refractivity contribution in [2.45, 2.75) is 316 Å². The molecule has 0 aliphatic carbocycles. The van der Waals surface area contributed by atoms with Crippen LogP contribution in [0.4, 0.5) is 0 Å². The van der Waals surface area contributed by atoms with Gasteiger partial charge in [-0.1, -0.05) is 293 Å². The summed E-state index contributed by atoms with van der Waals surface area (Å²) in [7, 11) is 0. The topological polar surface area (TPSA) is 78.9 Å². The van der Waals surface area contributed by atoms with Crippen LogP contribution in [0.1, 0.15) is 310 Å². The highest BCUT2D eigenvalue weighted by molar-refractivity contribution is 5.71. The largest absolute Gasteiger partial charge is 0.462 e. The van der Waals surface area contributed by atoms with E-state index < -0.39 is 6.10 Å². The summed E-state index contributed by atoms with van der Waals surface area (Å²) in [5, 5.41) is 0. The highest BCUT2D eigenvalue weighted by atomic mass is 16.6. The molecule has 0 saturated heterocycles. The Balaban J connectivity index is 4.04. The van der Waals surface area contributed by atoms with Crippen LogP contribution in [0, 0.1) is 0 Å². The fraction of sp³-hybridized carbons (Fsp3) is 0.773. The SMILES string of the molecule is CC/C=C\C/C=C\C/C=C\C/C=C\C/C=C\C/C=C\CCCCCCCCCCCCCCCCC(=O)OCC(COC(=O)CCCCCCCCCCC)OC(=O)CCCCCCCCCCCCCC. The van der Waals surface area contributed by atoms with Gasteiger partial charge in [0.25, 0.3) is 0 Å². The van der Waals surface area contributed by atoms with Crippen LogP contribution in [-0.4, -0.2) is 37.2 Å². The van der Waals surface area contributed by atoms with Gasteiger partial charge < -0.3 is 14.2 Å². The maximum absolute atomic E-state index is 12.8. The molecule has 0 aromatic heterocycles. The van der Waals surface area contributed by atoms with E-state index in [2.05, 4.69) is 93.7 Å². The Hall–Kier alpha value is -3.15. The van der Waals surface area contributed by atoms with Crippen molar-refractivity contribution in [3.63, 3.8) is 0 Å². The number of carbonyl (C=O) groups excluding carboxylic acids is 3. The maximum atomic E-state index is 12.8. The van der Waals surface area contributed by atoms with Crippen LogP contribution < -0.4 is 0 Å². The average Bonchev–Trinajstić information content (AvgIpc) is 3.38. The number of hydrogen-bond acceptors (Lipinski definition) is 6. The van der Waals surface area contributed by atoms with Crippen LogP contribution in [-0.2, 0) is 28.6 Å². The zero-order chi connectivity index (χ0) is 52.2. The summed E-state index contributed by atoms with van der Waals surface area (Å²) in [5.74, 6) is -0.860. The number of esters is 3. The van der Waals surface area contributed by atoms with Gasteiger partial charge in [-0.05, 0) is 70.6 Å². The van der Waals surface area contributed by atoms with E-state index in [1.54, 1.807) is 0 Å². The first-order valence-corrected chi connectivity index (χ1v) is 30.9. The van der Waals surface area contributed by atoms with Crippen LogP contribution >= 0.6 is 0 Å². The minimum Gasteiger partial charge on any atom is -0.462 e. The fourth-order valence-corrected chi connectivity index (χ4v) is 8.86. The molecule has 6 nitrogen and oxygen atoms in total. The summed E-state index contributed by atoms with van der Waals surface area (Å²) in [4.78, 5) is 38.0. The number of hydrogen-bond donors (Lipinski definition) is 0. The van der Waals surface area contributed by atoms with Gasteiger partial charge >= 0.3 is 17.9 Å². The maximum Gasteiger partial charge on any atom is 0.306 e. The lowest BCUT2D eigenvalue weighted by molar-refractivity contribution is -0.167. The molecule has 1 atom stereocenters. The number of allylic oxidation sites excluding steroid dienone is 12. The van der Waals surface area contributed by atoms with Gasteiger partial charge in [-0.15, -0.1) is 0 Å². The van der Waals surface area contributed by atoms with Crippen molar-refractivity contribution < 1.29 is 28.6 Å². The number of carbonyl (C=O) groups is 3. The predicted octanol–water partition coefficient (Wildman–Crippen LogP) is 20.9. The Labute approximate surface area is 446 Å². The molecule has 0 aliphatic rings.